The van der Waals surface area contributed by atoms with Crippen molar-refractivity contribution in [3.63, 3.8) is 0 Å². The number of benzene rings is 3. The number of imide groups is 2. The van der Waals surface area contributed by atoms with Gasteiger partial charge in [-0.2, -0.15) is 0 Å². The molecule has 1 unspecified atom stereocenters. The van der Waals surface area contributed by atoms with Gasteiger partial charge in [-0.05, 0) is 42.8 Å². The number of thioether (sulfide) groups is 1. The van der Waals surface area contributed by atoms with Gasteiger partial charge in [0.05, 0.1) is 47.2 Å². The number of carbonyl (C=O) groups is 5. The van der Waals surface area contributed by atoms with Crippen LogP contribution in [0.15, 0.2) is 59.8 Å². The van der Waals surface area contributed by atoms with Gasteiger partial charge in [-0.15, -0.1) is 11.8 Å². The molecular weight excluding hydrogens is 719 g/mol. The summed E-state index contributed by atoms with van der Waals surface area (Å²) in [6.45, 7) is 0.774. The third-order valence-corrected chi connectivity index (χ3v) is 9.83. The number of piperidine rings is 1. The van der Waals surface area contributed by atoms with Gasteiger partial charge in [-0.1, -0.05) is 17.7 Å². The summed E-state index contributed by atoms with van der Waals surface area (Å²) in [6, 6.07) is 11.4. The number of fused-ring (bicyclic) bond motifs is 2. The summed E-state index contributed by atoms with van der Waals surface area (Å²) in [4.78, 5) is 73.8. The third-order valence-electron chi connectivity index (χ3n) is 8.52. The van der Waals surface area contributed by atoms with Gasteiger partial charge >= 0.3 is 0 Å². The first-order valence-electron chi connectivity index (χ1n) is 16.3. The molecule has 52 heavy (non-hydrogen) atoms. The Morgan fingerprint density at radius 1 is 1.10 bits per heavy atom. The average Bonchev–Trinajstić information content (AvgIpc) is 3.72. The number of carbonyl (C=O) groups excluding carboxylic acids is 5. The van der Waals surface area contributed by atoms with Crippen LogP contribution >= 0.6 is 23.4 Å². The molecule has 3 aliphatic rings. The Morgan fingerprint density at radius 2 is 1.96 bits per heavy atom. The lowest BCUT2D eigenvalue weighted by Crippen LogP contribution is -2.54. The zero-order chi connectivity index (χ0) is 36.4. The average molecular weight is 749 g/mol. The zero-order valence-corrected chi connectivity index (χ0v) is 28.9. The smallest absolute Gasteiger partial charge is 0.263 e. The van der Waals surface area contributed by atoms with E-state index >= 15 is 0 Å². The number of nitrogens with zero attached hydrogens (tertiary/aromatic N) is 3. The van der Waals surface area contributed by atoms with Gasteiger partial charge in [-0.3, -0.25) is 34.2 Å². The Morgan fingerprint density at radius 3 is 2.75 bits per heavy atom. The summed E-state index contributed by atoms with van der Waals surface area (Å²) in [6.07, 6.45) is 1.91. The van der Waals surface area contributed by atoms with Gasteiger partial charge in [0, 0.05) is 40.6 Å². The van der Waals surface area contributed by atoms with Crippen LogP contribution in [0.3, 0.4) is 0 Å². The van der Waals surface area contributed by atoms with Crippen LogP contribution in [0.5, 0.6) is 5.75 Å². The maximum atomic E-state index is 13.7. The Labute approximate surface area is 304 Å². The van der Waals surface area contributed by atoms with Crippen molar-refractivity contribution in [3.05, 3.63) is 76.8 Å². The van der Waals surface area contributed by atoms with E-state index in [1.165, 1.54) is 42.4 Å². The van der Waals surface area contributed by atoms with Crippen molar-refractivity contribution in [2.75, 3.05) is 42.8 Å². The summed E-state index contributed by atoms with van der Waals surface area (Å²) >= 11 is 7.23. The quantitative estimate of drug-likeness (QED) is 0.105. The van der Waals surface area contributed by atoms with Gasteiger partial charge in [-0.25, -0.2) is 14.4 Å². The second kappa shape index (κ2) is 15.2. The fourth-order valence-corrected chi connectivity index (χ4v) is 7.16. The maximum absolute atomic E-state index is 13.7. The van der Waals surface area contributed by atoms with Gasteiger partial charge in [0.1, 0.15) is 42.5 Å². The number of amides is 5. The van der Waals surface area contributed by atoms with Crippen molar-refractivity contribution < 1.29 is 42.6 Å². The molecular formula is C35H30ClFN6O8S. The highest BCUT2D eigenvalue weighted by Crippen LogP contribution is 2.36. The second-order valence-corrected chi connectivity index (χ2v) is 13.6. The summed E-state index contributed by atoms with van der Waals surface area (Å²) in [5.74, 6) is -2.22. The first kappa shape index (κ1) is 35.3. The van der Waals surface area contributed by atoms with Crippen LogP contribution in [0.2, 0.25) is 5.02 Å². The van der Waals surface area contributed by atoms with Crippen molar-refractivity contribution in [3.8, 4) is 5.75 Å². The minimum absolute atomic E-state index is 0.0287. The van der Waals surface area contributed by atoms with Gasteiger partial charge < -0.3 is 24.8 Å². The molecule has 3 aromatic carbocycles. The van der Waals surface area contributed by atoms with E-state index in [2.05, 4.69) is 25.9 Å². The first-order chi connectivity index (χ1) is 25.2. The lowest BCUT2D eigenvalue weighted by Gasteiger charge is -2.27. The maximum Gasteiger partial charge on any atom is 0.263 e. The summed E-state index contributed by atoms with van der Waals surface area (Å²) in [5, 5.41) is 8.64. The van der Waals surface area contributed by atoms with Gasteiger partial charge in [0.2, 0.25) is 17.7 Å². The molecule has 3 N–H and O–H groups in total. The molecule has 0 aliphatic carbocycles. The SMILES string of the molecule is O=C1CCC(N2C(=O)c3cccc(SCCOCC(=O)Nc4cc5c(Nc6ccc(F)c(Cl)c6)ncnc5cc4O[C@H]4CCOC4)c3C2=O)C(=O)N1. The molecule has 4 aromatic rings. The Bertz CT molecular complexity index is 2120. The van der Waals surface area contributed by atoms with E-state index in [0.29, 0.717) is 64.1 Å². The monoisotopic (exact) mass is 748 g/mol. The largest absolute Gasteiger partial charge is 0.486 e. The molecule has 5 amide bonds. The standard InChI is InChI=1S/C35H30ClFN6O8S/c36-22-12-18(4-5-23(22)37)40-32-21-13-25(27(14-24(21)38-17-39-32)51-19-8-9-49-15-19)41-30(45)16-50-10-11-52-28-3-1-2-20-31(28)35(48)43(34(20)47)26-6-7-29(44)42-33(26)46/h1-5,12-14,17,19,26H,6-11,15-16H2,(H,41,45)(H,38,39,40)(H,42,44,46)/t19-,26?/m0/s1. The molecule has 0 spiro atoms. The zero-order valence-electron chi connectivity index (χ0n) is 27.3. The van der Waals surface area contributed by atoms with Crippen LogP contribution in [0, 0.1) is 5.82 Å². The second-order valence-electron chi connectivity index (χ2n) is 12.0. The number of rotatable bonds is 12. The number of ether oxygens (including phenoxy) is 3. The van der Waals surface area contributed by atoms with Crippen LogP contribution in [-0.4, -0.2) is 88.7 Å². The number of aromatic nitrogens is 2. The number of halogens is 2. The minimum atomic E-state index is -1.06. The predicted octanol–water partition coefficient (Wildman–Crippen LogP) is 4.48. The molecule has 2 atom stereocenters. The number of hydrogen-bond donors (Lipinski definition) is 3. The van der Waals surface area contributed by atoms with Crippen molar-refractivity contribution in [2.45, 2.75) is 36.3 Å². The van der Waals surface area contributed by atoms with E-state index in [1.807, 2.05) is 0 Å². The van der Waals surface area contributed by atoms with Crippen LogP contribution in [0.1, 0.15) is 40.0 Å². The lowest BCUT2D eigenvalue weighted by atomic mass is 10.0. The summed E-state index contributed by atoms with van der Waals surface area (Å²) in [7, 11) is 0. The molecule has 2 saturated heterocycles. The number of anilines is 3. The predicted molar refractivity (Wildman–Crippen MR) is 187 cm³/mol. The van der Waals surface area contributed by atoms with Gasteiger partial charge in [0.25, 0.3) is 11.8 Å². The first-order valence-corrected chi connectivity index (χ1v) is 17.6. The van der Waals surface area contributed by atoms with E-state index in [-0.39, 0.29) is 48.3 Å². The van der Waals surface area contributed by atoms with E-state index in [9.17, 15) is 28.4 Å². The van der Waals surface area contributed by atoms with E-state index in [0.717, 1.165) is 4.90 Å². The van der Waals surface area contributed by atoms with Gasteiger partial charge in [0.15, 0.2) is 0 Å². The summed E-state index contributed by atoms with van der Waals surface area (Å²) < 4.78 is 31.1. The molecule has 4 heterocycles. The topological polar surface area (TPSA) is 178 Å². The fourth-order valence-electron chi connectivity index (χ4n) is 6.04. The normalized spacial score (nSPS) is 18.5. The van der Waals surface area contributed by atoms with Crippen LogP contribution in [0.25, 0.3) is 10.9 Å². The van der Waals surface area contributed by atoms with E-state index < -0.39 is 41.4 Å². The summed E-state index contributed by atoms with van der Waals surface area (Å²) in [5.41, 5.74) is 1.74. The van der Waals surface area contributed by atoms with Crippen molar-refractivity contribution in [2.24, 2.45) is 0 Å². The van der Waals surface area contributed by atoms with E-state index in [1.54, 1.807) is 24.3 Å². The van der Waals surface area contributed by atoms with Crippen LogP contribution < -0.4 is 20.7 Å². The van der Waals surface area contributed by atoms with Crippen LogP contribution in [-0.2, 0) is 23.9 Å². The Hall–Kier alpha value is -5.16. The highest BCUT2D eigenvalue weighted by atomic mass is 35.5. The fraction of sp³-hybridized carbons (Fsp3) is 0.286. The number of nitrogens with one attached hydrogen (secondary N) is 3. The van der Waals surface area contributed by atoms with Crippen molar-refractivity contribution >= 4 is 81.0 Å². The van der Waals surface area contributed by atoms with Crippen molar-refractivity contribution in [1.29, 1.82) is 0 Å². The molecule has 7 rings (SSSR count). The molecule has 0 saturated carbocycles. The highest BCUT2D eigenvalue weighted by Gasteiger charge is 2.45. The Balaban J connectivity index is 0.999. The highest BCUT2D eigenvalue weighted by molar-refractivity contribution is 7.99. The molecule has 0 radical (unpaired) electrons. The van der Waals surface area contributed by atoms with E-state index in [4.69, 9.17) is 25.8 Å². The third kappa shape index (κ3) is 7.41. The molecule has 0 bridgehead atoms. The molecule has 14 nitrogen and oxygen atoms in total. The number of hydrogen-bond acceptors (Lipinski definition) is 12. The molecule has 1 aromatic heterocycles. The molecule has 2 fully saturated rings. The molecule has 268 valence electrons. The van der Waals surface area contributed by atoms with Crippen LogP contribution in [0.4, 0.5) is 21.6 Å². The molecule has 3 aliphatic heterocycles. The lowest BCUT2D eigenvalue weighted by molar-refractivity contribution is -0.136. The van der Waals surface area contributed by atoms with Crippen molar-refractivity contribution in [1.82, 2.24) is 20.2 Å². The Kier molecular flexibility index (Phi) is 10.3. The molecule has 17 heteroatoms. The minimum Gasteiger partial charge on any atom is -0.486 e.